The third-order valence-electron chi connectivity index (χ3n) is 3.14. The Morgan fingerprint density at radius 3 is 2.36 bits per heavy atom. The number of hydrogen-bond donors (Lipinski definition) is 1. The van der Waals surface area contributed by atoms with E-state index in [1.165, 1.54) is 0 Å². The molecular formula is C13H14F3NO4S. The number of aliphatic hydroxyl groups is 1. The van der Waals surface area contributed by atoms with Gasteiger partial charge < -0.3 is 14.9 Å². The third kappa shape index (κ3) is 4.52. The Morgan fingerprint density at radius 1 is 1.23 bits per heavy atom. The lowest BCUT2D eigenvalue weighted by Gasteiger charge is -2.36. The van der Waals surface area contributed by atoms with Crippen molar-refractivity contribution in [2.24, 2.45) is 0 Å². The smallest absolute Gasteiger partial charge is 0.377 e. The van der Waals surface area contributed by atoms with Gasteiger partial charge in [0, 0.05) is 25.9 Å². The van der Waals surface area contributed by atoms with E-state index in [2.05, 4.69) is 0 Å². The molecule has 0 radical (unpaired) electrons. The Morgan fingerprint density at radius 2 is 1.82 bits per heavy atom. The summed E-state index contributed by atoms with van der Waals surface area (Å²) in [4.78, 5) is 15.3. The Bertz CT molecular complexity index is 504. The number of amides is 1. The van der Waals surface area contributed by atoms with Crippen molar-refractivity contribution in [3.63, 3.8) is 0 Å². The number of carbonyl (C=O) groups is 1. The molecule has 9 heteroatoms. The Hall–Kier alpha value is -1.45. The summed E-state index contributed by atoms with van der Waals surface area (Å²) in [7, 11) is 0. The van der Waals surface area contributed by atoms with E-state index < -0.39 is 17.0 Å². The molecule has 1 heterocycles. The summed E-state index contributed by atoms with van der Waals surface area (Å²) in [6, 6.07) is 8.56. The molecule has 1 saturated heterocycles. The van der Waals surface area contributed by atoms with Crippen molar-refractivity contribution in [1.29, 1.82) is 0 Å². The second kappa shape index (κ2) is 6.76. The molecule has 0 bridgehead atoms. The van der Waals surface area contributed by atoms with Crippen molar-refractivity contribution in [2.75, 3.05) is 13.1 Å². The normalized spacial score (nSPS) is 18.1. The Labute approximate surface area is 129 Å². The first-order valence-corrected chi connectivity index (χ1v) is 7.20. The number of piperidine rings is 1. The fourth-order valence-electron chi connectivity index (χ4n) is 1.92. The lowest BCUT2D eigenvalue weighted by atomic mass is 10.1. The fraction of sp³-hybridized carbons (Fsp3) is 0.462. The van der Waals surface area contributed by atoms with Crippen LogP contribution in [0.25, 0.3) is 0 Å². The highest BCUT2D eigenvalue weighted by atomic mass is 32.2. The maximum absolute atomic E-state index is 12.3. The molecule has 0 spiro atoms. The van der Waals surface area contributed by atoms with Crippen LogP contribution in [-0.4, -0.2) is 40.1 Å². The summed E-state index contributed by atoms with van der Waals surface area (Å²) in [5.74, 6) is -1.45. The van der Waals surface area contributed by atoms with E-state index in [-0.39, 0.29) is 25.9 Å². The van der Waals surface area contributed by atoms with Crippen molar-refractivity contribution in [3.8, 4) is 5.75 Å². The van der Waals surface area contributed by atoms with Crippen LogP contribution in [0, 0.1) is 0 Å². The molecule has 0 aromatic heterocycles. The number of nitrogens with zero attached hydrogens (tertiary/aromatic N) is 1. The molecule has 1 N–H and O–H groups in total. The first-order valence-electron chi connectivity index (χ1n) is 6.46. The van der Waals surface area contributed by atoms with Gasteiger partial charge in [0.2, 0.25) is 0 Å². The van der Waals surface area contributed by atoms with Crippen molar-refractivity contribution < 1.29 is 32.3 Å². The van der Waals surface area contributed by atoms with Gasteiger partial charge in [0.25, 0.3) is 0 Å². The lowest BCUT2D eigenvalue weighted by molar-refractivity contribution is -0.187. The number of halogens is 3. The average Bonchev–Trinajstić information content (AvgIpc) is 2.47. The summed E-state index contributed by atoms with van der Waals surface area (Å²) in [5.41, 5.74) is 0. The fourth-order valence-corrected chi connectivity index (χ4v) is 2.51. The van der Waals surface area contributed by atoms with E-state index in [1.807, 2.05) is 0 Å². The van der Waals surface area contributed by atoms with E-state index >= 15 is 0 Å². The number of benzene rings is 1. The van der Waals surface area contributed by atoms with Gasteiger partial charge in [-0.25, -0.2) is 0 Å². The van der Waals surface area contributed by atoms with Crippen molar-refractivity contribution in [2.45, 2.75) is 24.0 Å². The highest BCUT2D eigenvalue weighted by Gasteiger charge is 2.45. The van der Waals surface area contributed by atoms with Crippen LogP contribution >= 0.6 is 12.0 Å². The second-order valence-electron chi connectivity index (χ2n) is 4.78. The summed E-state index contributed by atoms with van der Waals surface area (Å²) >= 11 is 0.630. The summed E-state index contributed by atoms with van der Waals surface area (Å²) in [6.45, 7) is -0.396. The molecule has 0 unspecified atom stereocenters. The number of rotatable bonds is 4. The van der Waals surface area contributed by atoms with E-state index in [4.69, 9.17) is 9.22 Å². The molecule has 5 nitrogen and oxygen atoms in total. The second-order valence-corrected chi connectivity index (χ2v) is 5.85. The minimum absolute atomic E-state index is 0.0440. The maximum atomic E-state index is 12.3. The number of likely N-dealkylation sites (tertiary alicyclic amines) is 1. The van der Waals surface area contributed by atoms with Gasteiger partial charge in [-0.15, -0.1) is 4.33 Å². The molecule has 1 aliphatic rings. The number of alkyl halides is 3. The maximum Gasteiger partial charge on any atom is 0.471 e. The van der Waals surface area contributed by atoms with Crippen LogP contribution in [0.3, 0.4) is 0 Å². The average molecular weight is 337 g/mol. The van der Waals surface area contributed by atoms with Gasteiger partial charge in [-0.05, 0) is 12.1 Å². The predicted molar refractivity (Wildman–Crippen MR) is 72.6 cm³/mol. The molecule has 1 aromatic carbocycles. The van der Waals surface area contributed by atoms with Crippen molar-refractivity contribution in [1.82, 2.24) is 4.90 Å². The van der Waals surface area contributed by atoms with Crippen LogP contribution in [0.15, 0.2) is 30.3 Å². The van der Waals surface area contributed by atoms with Crippen LogP contribution in [0.2, 0.25) is 0 Å². The van der Waals surface area contributed by atoms with Crippen molar-refractivity contribution >= 4 is 17.9 Å². The van der Waals surface area contributed by atoms with Gasteiger partial charge >= 0.3 is 12.1 Å². The predicted octanol–water partition coefficient (Wildman–Crippen LogP) is 2.52. The topological polar surface area (TPSA) is 59.0 Å². The SMILES string of the molecule is O=C(N1CCC(O)(SOOc2ccccc2)CC1)C(F)(F)F. The first kappa shape index (κ1) is 16.9. The molecule has 2 rings (SSSR count). The number of para-hydroxylation sites is 1. The zero-order valence-corrected chi connectivity index (χ0v) is 12.2. The van der Waals surface area contributed by atoms with Crippen LogP contribution < -0.4 is 4.89 Å². The van der Waals surface area contributed by atoms with Gasteiger partial charge in [-0.1, -0.05) is 18.2 Å². The van der Waals surface area contributed by atoms with Crippen LogP contribution in [-0.2, 0) is 9.13 Å². The minimum atomic E-state index is -4.89. The largest absolute Gasteiger partial charge is 0.471 e. The first-order chi connectivity index (χ1) is 10.3. The van der Waals surface area contributed by atoms with Gasteiger partial charge in [0.1, 0.15) is 4.93 Å². The molecule has 1 aromatic rings. The zero-order chi connectivity index (χ0) is 16.2. The van der Waals surface area contributed by atoms with Gasteiger partial charge in [-0.2, -0.15) is 13.2 Å². The molecular weight excluding hydrogens is 323 g/mol. The third-order valence-corrected chi connectivity index (χ3v) is 3.99. The van der Waals surface area contributed by atoms with E-state index in [0.29, 0.717) is 22.7 Å². The quantitative estimate of drug-likeness (QED) is 0.396. The Balaban J connectivity index is 1.78. The Kier molecular flexibility index (Phi) is 5.20. The van der Waals surface area contributed by atoms with Gasteiger partial charge in [0.05, 0.1) is 12.0 Å². The minimum Gasteiger partial charge on any atom is -0.377 e. The van der Waals surface area contributed by atoms with Crippen LogP contribution in [0.5, 0.6) is 5.75 Å². The molecule has 0 aliphatic carbocycles. The molecule has 0 atom stereocenters. The monoisotopic (exact) mass is 337 g/mol. The highest BCUT2D eigenvalue weighted by Crippen LogP contribution is 2.35. The van der Waals surface area contributed by atoms with E-state index in [0.717, 1.165) is 0 Å². The molecule has 1 amide bonds. The summed E-state index contributed by atoms with van der Waals surface area (Å²) < 4.78 is 41.8. The van der Waals surface area contributed by atoms with Crippen LogP contribution in [0.1, 0.15) is 12.8 Å². The van der Waals surface area contributed by atoms with Gasteiger partial charge in [0.15, 0.2) is 5.75 Å². The summed E-state index contributed by atoms with van der Waals surface area (Å²) in [6.07, 6.45) is -4.98. The standard InChI is InChI=1S/C13H14F3NO4S/c14-13(15,16)11(18)17-8-6-12(19,7-9-17)22-21-20-10-4-2-1-3-5-10/h1-5,19H,6-9H2. The lowest BCUT2D eigenvalue weighted by Crippen LogP contribution is -2.49. The number of hydrogen-bond acceptors (Lipinski definition) is 5. The molecule has 1 fully saturated rings. The highest BCUT2D eigenvalue weighted by molar-refractivity contribution is 7.95. The van der Waals surface area contributed by atoms with Crippen LogP contribution in [0.4, 0.5) is 13.2 Å². The molecule has 22 heavy (non-hydrogen) atoms. The van der Waals surface area contributed by atoms with Crippen molar-refractivity contribution in [3.05, 3.63) is 30.3 Å². The van der Waals surface area contributed by atoms with E-state index in [1.54, 1.807) is 30.3 Å². The van der Waals surface area contributed by atoms with Gasteiger partial charge in [-0.3, -0.25) is 4.79 Å². The molecule has 122 valence electrons. The molecule has 0 saturated carbocycles. The zero-order valence-electron chi connectivity index (χ0n) is 11.4. The molecule has 1 aliphatic heterocycles. The number of carbonyl (C=O) groups excluding carboxylic acids is 1. The van der Waals surface area contributed by atoms with E-state index in [9.17, 15) is 23.1 Å². The summed E-state index contributed by atoms with van der Waals surface area (Å²) in [5, 5.41) is 10.2.